The third-order valence-corrected chi connectivity index (χ3v) is 6.46. The van der Waals surface area contributed by atoms with Crippen LogP contribution in [0.5, 0.6) is 5.75 Å². The van der Waals surface area contributed by atoms with Crippen molar-refractivity contribution < 1.29 is 31.1 Å². The molecular formula is C19H22F2N2O5S. The van der Waals surface area contributed by atoms with Gasteiger partial charge in [0.25, 0.3) is 15.9 Å². The van der Waals surface area contributed by atoms with Gasteiger partial charge in [-0.15, -0.1) is 0 Å². The lowest BCUT2D eigenvalue weighted by molar-refractivity contribution is -0.0507. The van der Waals surface area contributed by atoms with Crippen LogP contribution in [-0.4, -0.2) is 38.3 Å². The fraction of sp³-hybridized carbons (Fsp3) is 0.421. The van der Waals surface area contributed by atoms with Crippen LogP contribution in [0.15, 0.2) is 45.9 Å². The maximum atomic E-state index is 12.7. The number of benzene rings is 1. The average molecular weight is 428 g/mol. The van der Waals surface area contributed by atoms with Gasteiger partial charge in [0, 0.05) is 18.7 Å². The number of carbonyl (C=O) groups excluding carboxylic acids is 1. The third kappa shape index (κ3) is 4.76. The Kier molecular flexibility index (Phi) is 6.53. The van der Waals surface area contributed by atoms with Crippen LogP contribution < -0.4 is 10.1 Å². The van der Waals surface area contributed by atoms with Gasteiger partial charge in [0.2, 0.25) is 5.09 Å². The number of halogens is 2. The highest BCUT2D eigenvalue weighted by atomic mass is 32.2. The lowest BCUT2D eigenvalue weighted by Crippen LogP contribution is -2.29. The fourth-order valence-corrected chi connectivity index (χ4v) is 4.67. The van der Waals surface area contributed by atoms with E-state index in [4.69, 9.17) is 4.42 Å². The van der Waals surface area contributed by atoms with Crippen molar-refractivity contribution in [1.82, 2.24) is 9.62 Å². The van der Waals surface area contributed by atoms with Gasteiger partial charge in [0.15, 0.2) is 5.76 Å². The largest absolute Gasteiger partial charge is 0.438 e. The molecule has 1 aromatic carbocycles. The Balaban J connectivity index is 1.77. The van der Waals surface area contributed by atoms with E-state index in [0.717, 1.165) is 12.8 Å². The highest BCUT2D eigenvalue weighted by Gasteiger charge is 2.31. The van der Waals surface area contributed by atoms with Gasteiger partial charge in [-0.25, -0.2) is 8.42 Å². The van der Waals surface area contributed by atoms with Crippen molar-refractivity contribution in [2.24, 2.45) is 0 Å². The summed E-state index contributed by atoms with van der Waals surface area (Å²) < 4.78 is 61.5. The molecule has 1 atom stereocenters. The summed E-state index contributed by atoms with van der Waals surface area (Å²) in [6.07, 6.45) is 1.96. The number of rotatable bonds is 8. The van der Waals surface area contributed by atoms with Crippen LogP contribution in [0.1, 0.15) is 48.3 Å². The normalized spacial score (nSPS) is 16.1. The van der Waals surface area contributed by atoms with Crippen molar-refractivity contribution in [3.8, 4) is 5.75 Å². The zero-order valence-electron chi connectivity index (χ0n) is 15.8. The van der Waals surface area contributed by atoms with E-state index in [9.17, 15) is 22.0 Å². The Bertz CT molecular complexity index is 955. The summed E-state index contributed by atoms with van der Waals surface area (Å²) in [6.45, 7) is -0.379. The average Bonchev–Trinajstić information content (AvgIpc) is 3.38. The number of alkyl halides is 2. The fourth-order valence-electron chi connectivity index (χ4n) is 3.24. The van der Waals surface area contributed by atoms with Crippen molar-refractivity contribution in [3.63, 3.8) is 0 Å². The van der Waals surface area contributed by atoms with Crippen LogP contribution in [0.4, 0.5) is 8.78 Å². The minimum atomic E-state index is -3.77. The molecule has 3 rings (SSSR count). The summed E-state index contributed by atoms with van der Waals surface area (Å²) in [5.41, 5.74) is 0.389. The number of hydrogen-bond acceptors (Lipinski definition) is 5. The Morgan fingerprint density at radius 2 is 1.90 bits per heavy atom. The molecule has 1 saturated heterocycles. The molecule has 1 N–H and O–H groups in total. The lowest BCUT2D eigenvalue weighted by Gasteiger charge is -2.20. The second kappa shape index (κ2) is 8.91. The van der Waals surface area contributed by atoms with E-state index in [1.807, 2.05) is 0 Å². The molecule has 1 aromatic heterocycles. The number of nitrogens with one attached hydrogen (secondary N) is 1. The highest BCUT2D eigenvalue weighted by molar-refractivity contribution is 7.89. The molecule has 0 bridgehead atoms. The number of carbonyl (C=O) groups is 1. The van der Waals surface area contributed by atoms with Gasteiger partial charge < -0.3 is 14.5 Å². The summed E-state index contributed by atoms with van der Waals surface area (Å²) in [5.74, 6) is -0.855. The first-order chi connectivity index (χ1) is 13.8. The molecule has 7 nitrogen and oxygen atoms in total. The van der Waals surface area contributed by atoms with Crippen molar-refractivity contribution in [3.05, 3.63) is 47.7 Å². The highest BCUT2D eigenvalue weighted by Crippen LogP contribution is 2.29. The molecule has 29 heavy (non-hydrogen) atoms. The van der Waals surface area contributed by atoms with E-state index in [0.29, 0.717) is 25.1 Å². The number of furan rings is 1. The summed E-state index contributed by atoms with van der Waals surface area (Å²) in [4.78, 5) is 12.6. The van der Waals surface area contributed by atoms with E-state index >= 15 is 0 Å². The standard InChI is InChI=1S/C19H22F2N2O5S/c1-2-14(13-7-3-4-8-15(13)28-19(20)21)22-18(24)16-9-10-17(27-16)29(25,26)23-11-5-6-12-23/h3-4,7-10,14,19H,2,5-6,11-12H2,1H3,(H,22,24). The van der Waals surface area contributed by atoms with Crippen molar-refractivity contribution in [2.45, 2.75) is 43.9 Å². The van der Waals surface area contributed by atoms with E-state index < -0.39 is 28.6 Å². The van der Waals surface area contributed by atoms with Gasteiger partial charge in [-0.3, -0.25) is 4.79 Å². The first kappa shape index (κ1) is 21.3. The Labute approximate surface area is 167 Å². The summed E-state index contributed by atoms with van der Waals surface area (Å²) in [7, 11) is -3.77. The Hall–Kier alpha value is -2.46. The molecule has 0 aliphatic carbocycles. The van der Waals surface area contributed by atoms with Crippen LogP contribution in [0.3, 0.4) is 0 Å². The molecule has 1 unspecified atom stereocenters. The molecule has 1 amide bonds. The first-order valence-electron chi connectivity index (χ1n) is 9.27. The maximum Gasteiger partial charge on any atom is 0.387 e. The van der Waals surface area contributed by atoms with E-state index in [1.54, 1.807) is 25.1 Å². The molecule has 1 fully saturated rings. The smallest absolute Gasteiger partial charge is 0.387 e. The molecule has 0 radical (unpaired) electrons. The Morgan fingerprint density at radius 3 is 2.55 bits per heavy atom. The number of para-hydroxylation sites is 1. The quantitative estimate of drug-likeness (QED) is 0.695. The number of sulfonamides is 1. The maximum absolute atomic E-state index is 12.7. The van der Waals surface area contributed by atoms with Gasteiger partial charge in [-0.2, -0.15) is 13.1 Å². The molecular weight excluding hydrogens is 406 g/mol. The van der Waals surface area contributed by atoms with Gasteiger partial charge in [0.05, 0.1) is 6.04 Å². The predicted molar refractivity (Wildman–Crippen MR) is 100 cm³/mol. The van der Waals surface area contributed by atoms with E-state index in [2.05, 4.69) is 10.1 Å². The van der Waals surface area contributed by atoms with Gasteiger partial charge >= 0.3 is 6.61 Å². The predicted octanol–water partition coefficient (Wildman–Crippen LogP) is 3.55. The summed E-state index contributed by atoms with van der Waals surface area (Å²) >= 11 is 0. The minimum absolute atomic E-state index is 0.0357. The van der Waals surface area contributed by atoms with Crippen LogP contribution >= 0.6 is 0 Å². The molecule has 158 valence electrons. The third-order valence-electron chi connectivity index (χ3n) is 4.69. The Morgan fingerprint density at radius 1 is 1.21 bits per heavy atom. The van der Waals surface area contributed by atoms with Gasteiger partial charge in [-0.1, -0.05) is 25.1 Å². The second-order valence-corrected chi connectivity index (χ2v) is 8.45. The number of amides is 1. The van der Waals surface area contributed by atoms with Gasteiger partial charge in [0.1, 0.15) is 5.75 Å². The minimum Gasteiger partial charge on any atom is -0.438 e. The van der Waals surface area contributed by atoms with Crippen molar-refractivity contribution >= 4 is 15.9 Å². The van der Waals surface area contributed by atoms with Crippen LogP contribution in [-0.2, 0) is 10.0 Å². The SMILES string of the molecule is CCC(NC(=O)c1ccc(S(=O)(=O)N2CCCC2)o1)c1ccccc1OC(F)F. The van der Waals surface area contributed by atoms with Crippen LogP contribution in [0.2, 0.25) is 0 Å². The van der Waals surface area contributed by atoms with Crippen molar-refractivity contribution in [2.75, 3.05) is 13.1 Å². The zero-order valence-corrected chi connectivity index (χ0v) is 16.6. The first-order valence-corrected chi connectivity index (χ1v) is 10.7. The van der Waals surface area contributed by atoms with E-state index in [-0.39, 0.29) is 16.6 Å². The molecule has 0 saturated carbocycles. The topological polar surface area (TPSA) is 88.9 Å². The number of nitrogens with zero attached hydrogens (tertiary/aromatic N) is 1. The second-order valence-electron chi connectivity index (χ2n) is 6.58. The van der Waals surface area contributed by atoms with Crippen LogP contribution in [0.25, 0.3) is 0 Å². The molecule has 2 heterocycles. The van der Waals surface area contributed by atoms with Crippen LogP contribution in [0, 0.1) is 0 Å². The van der Waals surface area contributed by atoms with Gasteiger partial charge in [-0.05, 0) is 37.5 Å². The van der Waals surface area contributed by atoms with Crippen molar-refractivity contribution in [1.29, 1.82) is 0 Å². The number of ether oxygens (including phenoxy) is 1. The molecule has 2 aromatic rings. The zero-order chi connectivity index (χ0) is 21.0. The lowest BCUT2D eigenvalue weighted by atomic mass is 10.0. The monoisotopic (exact) mass is 428 g/mol. The number of hydrogen-bond donors (Lipinski definition) is 1. The molecule has 1 aliphatic heterocycles. The molecule has 0 spiro atoms. The summed E-state index contributed by atoms with van der Waals surface area (Å²) in [5, 5.41) is 2.39. The summed E-state index contributed by atoms with van der Waals surface area (Å²) in [6, 6.07) is 8.08. The van der Waals surface area contributed by atoms with E-state index in [1.165, 1.54) is 22.5 Å². The molecule has 10 heteroatoms. The molecule has 1 aliphatic rings.